The van der Waals surface area contributed by atoms with Crippen molar-refractivity contribution in [3.8, 4) is 11.5 Å². The summed E-state index contributed by atoms with van der Waals surface area (Å²) < 4.78 is 22.1. The first-order valence-electron chi connectivity index (χ1n) is 10.7. The largest absolute Gasteiger partial charge is 0.493 e. The van der Waals surface area contributed by atoms with E-state index in [-0.39, 0.29) is 0 Å². The van der Waals surface area contributed by atoms with Gasteiger partial charge in [0, 0.05) is 39.3 Å². The van der Waals surface area contributed by atoms with Gasteiger partial charge in [-0.05, 0) is 50.3 Å². The maximum absolute atomic E-state index is 5.72. The van der Waals surface area contributed by atoms with Crippen LogP contribution in [0.25, 0.3) is 0 Å². The maximum atomic E-state index is 5.72. The number of guanidine groups is 1. The van der Waals surface area contributed by atoms with Crippen LogP contribution in [0.5, 0.6) is 11.5 Å². The fourth-order valence-corrected chi connectivity index (χ4v) is 3.21. The summed E-state index contributed by atoms with van der Waals surface area (Å²) in [5.74, 6) is 2.99. The summed E-state index contributed by atoms with van der Waals surface area (Å²) in [5, 5.41) is 6.70. The number of rotatable bonds is 13. The van der Waals surface area contributed by atoms with Crippen molar-refractivity contribution in [3.05, 3.63) is 23.8 Å². The minimum atomic E-state index is 0.577. The number of aryl methyl sites for hydroxylation is 1. The molecule has 164 valence electrons. The predicted octanol–water partition coefficient (Wildman–Crippen LogP) is 2.63. The Morgan fingerprint density at radius 1 is 1.21 bits per heavy atom. The van der Waals surface area contributed by atoms with Gasteiger partial charge in [0.25, 0.3) is 0 Å². The standard InChI is InChI=1S/C22H37N3O4/c1-4-29-21-15-18(8-9-20(21)26-3)7-5-11-24-22(23-2)25-12-6-13-27-16-19-10-14-28-17-19/h8-9,15,19H,4-7,10-14,16-17H2,1-3H3,(H2,23,24,25). The molecule has 0 aromatic heterocycles. The predicted molar refractivity (Wildman–Crippen MR) is 116 cm³/mol. The Morgan fingerprint density at radius 2 is 2.03 bits per heavy atom. The second-order valence-electron chi connectivity index (χ2n) is 7.11. The summed E-state index contributed by atoms with van der Waals surface area (Å²) in [6.45, 7) is 7.60. The Hall–Kier alpha value is -1.99. The van der Waals surface area contributed by atoms with Gasteiger partial charge in [-0.3, -0.25) is 4.99 Å². The third-order valence-electron chi connectivity index (χ3n) is 4.82. The average molecular weight is 408 g/mol. The molecule has 0 amide bonds. The molecule has 1 heterocycles. The maximum Gasteiger partial charge on any atom is 0.190 e. The van der Waals surface area contributed by atoms with Crippen molar-refractivity contribution < 1.29 is 18.9 Å². The Morgan fingerprint density at radius 3 is 2.72 bits per heavy atom. The van der Waals surface area contributed by atoms with Crippen LogP contribution in [0.2, 0.25) is 0 Å². The monoisotopic (exact) mass is 407 g/mol. The third kappa shape index (κ3) is 8.92. The van der Waals surface area contributed by atoms with Crippen molar-refractivity contribution in [2.45, 2.75) is 32.6 Å². The molecule has 1 unspecified atom stereocenters. The first-order chi connectivity index (χ1) is 14.3. The lowest BCUT2D eigenvalue weighted by atomic mass is 10.1. The Balaban J connectivity index is 1.56. The second-order valence-corrected chi connectivity index (χ2v) is 7.11. The van der Waals surface area contributed by atoms with Gasteiger partial charge in [-0.1, -0.05) is 6.07 Å². The number of benzene rings is 1. The van der Waals surface area contributed by atoms with Crippen molar-refractivity contribution in [2.75, 3.05) is 60.3 Å². The molecule has 1 atom stereocenters. The molecule has 7 heteroatoms. The number of hydrogen-bond donors (Lipinski definition) is 2. The number of hydrogen-bond acceptors (Lipinski definition) is 5. The molecule has 0 bridgehead atoms. The zero-order valence-electron chi connectivity index (χ0n) is 18.2. The van der Waals surface area contributed by atoms with Gasteiger partial charge in [0.15, 0.2) is 17.5 Å². The van der Waals surface area contributed by atoms with Crippen LogP contribution in [0.3, 0.4) is 0 Å². The molecule has 1 aliphatic rings. The normalized spacial score (nSPS) is 16.7. The molecule has 1 aromatic rings. The van der Waals surface area contributed by atoms with Crippen LogP contribution in [0.15, 0.2) is 23.2 Å². The summed E-state index contributed by atoms with van der Waals surface area (Å²) in [6, 6.07) is 6.12. The van der Waals surface area contributed by atoms with Gasteiger partial charge in [-0.25, -0.2) is 0 Å². The molecular weight excluding hydrogens is 370 g/mol. The molecule has 2 rings (SSSR count). The zero-order chi connectivity index (χ0) is 20.7. The van der Waals surface area contributed by atoms with E-state index >= 15 is 0 Å². The van der Waals surface area contributed by atoms with E-state index in [0.717, 1.165) is 82.7 Å². The molecule has 1 aromatic carbocycles. The number of aliphatic imine (C=N–C) groups is 1. The van der Waals surface area contributed by atoms with Crippen LogP contribution < -0.4 is 20.1 Å². The van der Waals surface area contributed by atoms with E-state index in [1.165, 1.54) is 5.56 Å². The van der Waals surface area contributed by atoms with Crippen LogP contribution in [0, 0.1) is 5.92 Å². The highest BCUT2D eigenvalue weighted by atomic mass is 16.5. The Kier molecular flexibility index (Phi) is 11.3. The highest BCUT2D eigenvalue weighted by Crippen LogP contribution is 2.28. The molecule has 29 heavy (non-hydrogen) atoms. The average Bonchev–Trinajstić information content (AvgIpc) is 3.26. The highest BCUT2D eigenvalue weighted by Gasteiger charge is 2.15. The van der Waals surface area contributed by atoms with E-state index in [0.29, 0.717) is 12.5 Å². The summed E-state index contributed by atoms with van der Waals surface area (Å²) >= 11 is 0. The van der Waals surface area contributed by atoms with E-state index < -0.39 is 0 Å². The molecule has 0 radical (unpaired) electrons. The fourth-order valence-electron chi connectivity index (χ4n) is 3.21. The van der Waals surface area contributed by atoms with E-state index in [4.69, 9.17) is 18.9 Å². The minimum Gasteiger partial charge on any atom is -0.493 e. The number of nitrogens with one attached hydrogen (secondary N) is 2. The second kappa shape index (κ2) is 14.1. The first-order valence-corrected chi connectivity index (χ1v) is 10.7. The molecule has 1 saturated heterocycles. The van der Waals surface area contributed by atoms with Crippen molar-refractivity contribution in [3.63, 3.8) is 0 Å². The fraction of sp³-hybridized carbons (Fsp3) is 0.682. The summed E-state index contributed by atoms with van der Waals surface area (Å²) in [4.78, 5) is 4.28. The molecule has 0 aliphatic carbocycles. The molecular formula is C22H37N3O4. The van der Waals surface area contributed by atoms with Gasteiger partial charge in [0.05, 0.1) is 26.9 Å². The smallest absolute Gasteiger partial charge is 0.190 e. The lowest BCUT2D eigenvalue weighted by molar-refractivity contribution is 0.0888. The van der Waals surface area contributed by atoms with E-state index in [1.807, 2.05) is 13.0 Å². The molecule has 0 saturated carbocycles. The van der Waals surface area contributed by atoms with Gasteiger partial charge in [0.2, 0.25) is 0 Å². The van der Waals surface area contributed by atoms with Gasteiger partial charge in [-0.15, -0.1) is 0 Å². The molecule has 2 N–H and O–H groups in total. The first kappa shape index (κ1) is 23.3. The topological polar surface area (TPSA) is 73.3 Å². The SMILES string of the molecule is CCOc1cc(CCCNC(=NC)NCCCOCC2CCOC2)ccc1OC. The van der Waals surface area contributed by atoms with Crippen LogP contribution in [0.1, 0.15) is 31.7 Å². The van der Waals surface area contributed by atoms with Gasteiger partial charge >= 0.3 is 0 Å². The van der Waals surface area contributed by atoms with E-state index in [1.54, 1.807) is 14.2 Å². The molecule has 7 nitrogen and oxygen atoms in total. The summed E-state index contributed by atoms with van der Waals surface area (Å²) in [5.41, 5.74) is 1.24. The molecule has 1 aliphatic heterocycles. The van der Waals surface area contributed by atoms with Crippen LogP contribution in [-0.2, 0) is 15.9 Å². The molecule has 1 fully saturated rings. The van der Waals surface area contributed by atoms with Crippen LogP contribution in [-0.4, -0.2) is 66.2 Å². The van der Waals surface area contributed by atoms with Crippen LogP contribution in [0.4, 0.5) is 0 Å². The summed E-state index contributed by atoms with van der Waals surface area (Å²) in [6.07, 6.45) is 4.05. The van der Waals surface area contributed by atoms with Gasteiger partial charge in [0.1, 0.15) is 0 Å². The van der Waals surface area contributed by atoms with Crippen molar-refractivity contribution >= 4 is 5.96 Å². The zero-order valence-corrected chi connectivity index (χ0v) is 18.2. The Labute approximate surface area is 175 Å². The van der Waals surface area contributed by atoms with E-state index in [9.17, 15) is 0 Å². The third-order valence-corrected chi connectivity index (χ3v) is 4.82. The van der Waals surface area contributed by atoms with Crippen molar-refractivity contribution in [2.24, 2.45) is 10.9 Å². The van der Waals surface area contributed by atoms with Gasteiger partial charge < -0.3 is 29.6 Å². The number of methoxy groups -OCH3 is 1. The van der Waals surface area contributed by atoms with Crippen molar-refractivity contribution in [1.82, 2.24) is 10.6 Å². The number of nitrogens with zero attached hydrogens (tertiary/aromatic N) is 1. The quantitative estimate of drug-likeness (QED) is 0.298. The van der Waals surface area contributed by atoms with E-state index in [2.05, 4.69) is 27.8 Å². The minimum absolute atomic E-state index is 0.577. The Bertz CT molecular complexity index is 604. The lowest BCUT2D eigenvalue weighted by Gasteiger charge is -2.13. The number of ether oxygens (including phenoxy) is 4. The highest BCUT2D eigenvalue weighted by molar-refractivity contribution is 5.79. The lowest BCUT2D eigenvalue weighted by Crippen LogP contribution is -2.38. The van der Waals surface area contributed by atoms with Gasteiger partial charge in [-0.2, -0.15) is 0 Å². The molecule has 0 spiro atoms. The summed E-state index contributed by atoms with van der Waals surface area (Å²) in [7, 11) is 3.46. The van der Waals surface area contributed by atoms with Crippen molar-refractivity contribution in [1.29, 1.82) is 0 Å². The van der Waals surface area contributed by atoms with Crippen LogP contribution >= 0.6 is 0 Å².